The average Bonchev–Trinajstić information content (AvgIpc) is 2.45. The van der Waals surface area contributed by atoms with E-state index in [0.29, 0.717) is 6.04 Å². The first-order chi connectivity index (χ1) is 9.31. The fourth-order valence-corrected chi connectivity index (χ4v) is 4.21. The average molecular weight is 274 g/mol. The fraction of sp³-hybridized carbons (Fsp3) is 0.562. The first-order valence-corrected chi connectivity index (χ1v) is 8.29. The Balaban J connectivity index is 1.61. The summed E-state index contributed by atoms with van der Waals surface area (Å²) in [5.74, 6) is 2.13. The molecule has 1 aromatic rings. The zero-order chi connectivity index (χ0) is 13.1. The smallest absolute Gasteiger partial charge is 0.157 e. The van der Waals surface area contributed by atoms with Crippen LogP contribution in [-0.4, -0.2) is 17.0 Å². The Labute approximate surface area is 120 Å². The molecule has 2 nitrogen and oxygen atoms in total. The van der Waals surface area contributed by atoms with Crippen molar-refractivity contribution in [1.82, 2.24) is 5.32 Å². The van der Waals surface area contributed by atoms with Gasteiger partial charge in [0, 0.05) is 11.8 Å². The summed E-state index contributed by atoms with van der Waals surface area (Å²) >= 11 is 1.91. The van der Waals surface area contributed by atoms with Gasteiger partial charge in [0.15, 0.2) is 5.17 Å². The van der Waals surface area contributed by atoms with Crippen LogP contribution in [0.3, 0.4) is 0 Å². The monoisotopic (exact) mass is 274 g/mol. The molecule has 102 valence electrons. The number of hydrogen-bond donors (Lipinski definition) is 1. The number of aliphatic imine (C=N–C) groups is 1. The summed E-state index contributed by atoms with van der Waals surface area (Å²) in [7, 11) is 0. The molecule has 2 fully saturated rings. The van der Waals surface area contributed by atoms with Crippen LogP contribution in [0.4, 0.5) is 0 Å². The van der Waals surface area contributed by atoms with Gasteiger partial charge in [-0.3, -0.25) is 4.99 Å². The zero-order valence-electron chi connectivity index (χ0n) is 11.6. The standard InChI is InChI=1S/C16H22N2S/c1-12-5-4-6-13(9-12)10-17-16-18-15-8-3-2-7-14(15)11-19-16/h4-6,9,14-15H,2-3,7-8,10-11H2,1H3,(H,17,18). The molecular weight excluding hydrogens is 252 g/mol. The lowest BCUT2D eigenvalue weighted by Gasteiger charge is -2.36. The van der Waals surface area contributed by atoms with Crippen LogP contribution in [0.2, 0.25) is 0 Å². The molecule has 0 bridgehead atoms. The van der Waals surface area contributed by atoms with E-state index in [1.54, 1.807) is 0 Å². The van der Waals surface area contributed by atoms with E-state index in [2.05, 4.69) is 36.5 Å². The van der Waals surface area contributed by atoms with Gasteiger partial charge < -0.3 is 5.32 Å². The molecule has 1 aliphatic heterocycles. The molecule has 0 aromatic heterocycles. The molecule has 0 amide bonds. The molecule has 1 heterocycles. The van der Waals surface area contributed by atoms with E-state index >= 15 is 0 Å². The topological polar surface area (TPSA) is 24.4 Å². The molecule has 0 spiro atoms. The van der Waals surface area contributed by atoms with Crippen molar-refractivity contribution < 1.29 is 0 Å². The Bertz CT molecular complexity index is 470. The van der Waals surface area contributed by atoms with Gasteiger partial charge in [-0.15, -0.1) is 0 Å². The summed E-state index contributed by atoms with van der Waals surface area (Å²) in [5.41, 5.74) is 2.62. The Kier molecular flexibility index (Phi) is 4.12. The third-order valence-electron chi connectivity index (χ3n) is 4.14. The highest BCUT2D eigenvalue weighted by Crippen LogP contribution is 2.31. The molecule has 1 saturated heterocycles. The molecule has 1 N–H and O–H groups in total. The third kappa shape index (κ3) is 3.33. The molecule has 1 aromatic carbocycles. The minimum Gasteiger partial charge on any atom is -0.362 e. The van der Waals surface area contributed by atoms with Gasteiger partial charge in [0.1, 0.15) is 0 Å². The summed E-state index contributed by atoms with van der Waals surface area (Å²) in [6, 6.07) is 9.32. The van der Waals surface area contributed by atoms with E-state index in [9.17, 15) is 0 Å². The predicted molar refractivity (Wildman–Crippen MR) is 83.7 cm³/mol. The number of hydrogen-bond acceptors (Lipinski definition) is 2. The van der Waals surface area contributed by atoms with Gasteiger partial charge in [0.2, 0.25) is 0 Å². The van der Waals surface area contributed by atoms with Crippen LogP contribution in [0, 0.1) is 12.8 Å². The van der Waals surface area contributed by atoms with Crippen molar-refractivity contribution in [3.05, 3.63) is 35.4 Å². The molecule has 19 heavy (non-hydrogen) atoms. The molecule has 2 aliphatic rings. The number of benzene rings is 1. The van der Waals surface area contributed by atoms with E-state index in [4.69, 9.17) is 4.99 Å². The largest absolute Gasteiger partial charge is 0.362 e. The van der Waals surface area contributed by atoms with E-state index < -0.39 is 0 Å². The van der Waals surface area contributed by atoms with Gasteiger partial charge in [-0.05, 0) is 31.2 Å². The van der Waals surface area contributed by atoms with Crippen molar-refractivity contribution in [2.75, 3.05) is 5.75 Å². The lowest BCUT2D eigenvalue weighted by atomic mass is 9.86. The second-order valence-corrected chi connectivity index (χ2v) is 6.73. The van der Waals surface area contributed by atoms with Crippen LogP contribution < -0.4 is 5.32 Å². The van der Waals surface area contributed by atoms with E-state index in [1.165, 1.54) is 42.6 Å². The molecule has 1 aliphatic carbocycles. The fourth-order valence-electron chi connectivity index (χ4n) is 3.05. The summed E-state index contributed by atoms with van der Waals surface area (Å²) < 4.78 is 0. The second kappa shape index (κ2) is 6.00. The Morgan fingerprint density at radius 3 is 3.11 bits per heavy atom. The van der Waals surface area contributed by atoms with Crippen LogP contribution in [-0.2, 0) is 6.54 Å². The molecule has 3 heteroatoms. The SMILES string of the molecule is Cc1cccc(CN=C2NC3CCCCC3CS2)c1. The quantitative estimate of drug-likeness (QED) is 0.888. The summed E-state index contributed by atoms with van der Waals surface area (Å²) in [6.07, 6.45) is 5.52. The number of rotatable bonds is 2. The molecule has 2 atom stereocenters. The number of aryl methyl sites for hydroxylation is 1. The zero-order valence-corrected chi connectivity index (χ0v) is 12.4. The van der Waals surface area contributed by atoms with Gasteiger partial charge in [0.05, 0.1) is 6.54 Å². The van der Waals surface area contributed by atoms with Gasteiger partial charge in [0.25, 0.3) is 0 Å². The van der Waals surface area contributed by atoms with E-state index in [1.807, 2.05) is 11.8 Å². The van der Waals surface area contributed by atoms with Crippen molar-refractivity contribution in [3.63, 3.8) is 0 Å². The predicted octanol–water partition coefficient (Wildman–Crippen LogP) is 3.75. The molecule has 2 unspecified atom stereocenters. The summed E-state index contributed by atoms with van der Waals surface area (Å²) in [4.78, 5) is 4.75. The van der Waals surface area contributed by atoms with Crippen LogP contribution >= 0.6 is 11.8 Å². The Hall–Kier alpha value is -0.960. The highest BCUT2D eigenvalue weighted by molar-refractivity contribution is 8.13. The maximum atomic E-state index is 4.75. The van der Waals surface area contributed by atoms with Crippen molar-refractivity contribution in [2.24, 2.45) is 10.9 Å². The van der Waals surface area contributed by atoms with Crippen LogP contribution in [0.25, 0.3) is 0 Å². The lowest BCUT2D eigenvalue weighted by molar-refractivity contribution is 0.311. The Morgan fingerprint density at radius 2 is 2.21 bits per heavy atom. The number of nitrogens with zero attached hydrogens (tertiary/aromatic N) is 1. The number of nitrogens with one attached hydrogen (secondary N) is 1. The molecule has 1 saturated carbocycles. The minimum absolute atomic E-state index is 0.686. The van der Waals surface area contributed by atoms with Crippen LogP contribution in [0.15, 0.2) is 29.3 Å². The van der Waals surface area contributed by atoms with Crippen molar-refractivity contribution in [1.29, 1.82) is 0 Å². The molecule has 0 radical (unpaired) electrons. The first-order valence-electron chi connectivity index (χ1n) is 7.30. The van der Waals surface area contributed by atoms with Gasteiger partial charge in [-0.2, -0.15) is 0 Å². The highest BCUT2D eigenvalue weighted by Gasteiger charge is 2.29. The maximum absolute atomic E-state index is 4.75. The van der Waals surface area contributed by atoms with E-state index in [0.717, 1.165) is 17.6 Å². The van der Waals surface area contributed by atoms with Gasteiger partial charge >= 0.3 is 0 Å². The van der Waals surface area contributed by atoms with Gasteiger partial charge in [-0.1, -0.05) is 54.4 Å². The second-order valence-electron chi connectivity index (χ2n) is 5.72. The Morgan fingerprint density at radius 1 is 1.32 bits per heavy atom. The maximum Gasteiger partial charge on any atom is 0.157 e. The van der Waals surface area contributed by atoms with Crippen LogP contribution in [0.5, 0.6) is 0 Å². The van der Waals surface area contributed by atoms with Crippen molar-refractivity contribution in [3.8, 4) is 0 Å². The molecular formula is C16H22N2S. The third-order valence-corrected chi connectivity index (χ3v) is 5.26. The number of thioether (sulfide) groups is 1. The first kappa shape index (κ1) is 13.0. The highest BCUT2D eigenvalue weighted by atomic mass is 32.2. The molecule has 3 rings (SSSR count). The summed E-state index contributed by atoms with van der Waals surface area (Å²) in [5, 5.41) is 4.81. The number of fused-ring (bicyclic) bond motifs is 1. The minimum atomic E-state index is 0.686. The van der Waals surface area contributed by atoms with Crippen molar-refractivity contribution >= 4 is 16.9 Å². The van der Waals surface area contributed by atoms with Gasteiger partial charge in [-0.25, -0.2) is 0 Å². The van der Waals surface area contributed by atoms with Crippen LogP contribution in [0.1, 0.15) is 36.8 Å². The van der Waals surface area contributed by atoms with E-state index in [-0.39, 0.29) is 0 Å². The van der Waals surface area contributed by atoms with Crippen molar-refractivity contribution in [2.45, 2.75) is 45.2 Å². The number of amidine groups is 1. The lowest BCUT2D eigenvalue weighted by Crippen LogP contribution is -2.46. The normalized spacial score (nSPS) is 28.8. The summed E-state index contributed by atoms with van der Waals surface area (Å²) in [6.45, 7) is 2.94.